The van der Waals surface area contributed by atoms with Crippen LogP contribution in [0.25, 0.3) is 5.69 Å². The number of hydrogen-bond acceptors (Lipinski definition) is 5. The monoisotopic (exact) mass is 378 g/mol. The highest BCUT2D eigenvalue weighted by atomic mass is 16.3. The average Bonchev–Trinajstić information content (AvgIpc) is 3.10. The fraction of sp³-hybridized carbons (Fsp3) is 0.190. The molecule has 1 amide bonds. The zero-order chi connectivity index (χ0) is 20.3. The van der Waals surface area contributed by atoms with Crippen LogP contribution in [0.1, 0.15) is 42.5 Å². The lowest BCUT2D eigenvalue weighted by Gasteiger charge is -2.14. The first-order valence-corrected chi connectivity index (χ1v) is 8.77. The van der Waals surface area contributed by atoms with Crippen LogP contribution in [-0.2, 0) is 5.41 Å². The third-order valence-corrected chi connectivity index (χ3v) is 4.09. The molecule has 1 aromatic heterocycles. The van der Waals surface area contributed by atoms with Crippen LogP contribution < -0.4 is 5.43 Å². The summed E-state index contributed by atoms with van der Waals surface area (Å²) < 4.78 is 1.59. The van der Waals surface area contributed by atoms with E-state index < -0.39 is 5.91 Å². The van der Waals surface area contributed by atoms with E-state index in [1.165, 1.54) is 24.4 Å². The summed E-state index contributed by atoms with van der Waals surface area (Å²) in [5.41, 5.74) is 4.50. The number of hydrazone groups is 1. The van der Waals surface area contributed by atoms with Gasteiger partial charge in [-0.15, -0.1) is 0 Å². The molecule has 1 heterocycles. The molecule has 0 unspecified atom stereocenters. The molecular formula is C21H22N4O3. The lowest BCUT2D eigenvalue weighted by Crippen LogP contribution is -2.21. The van der Waals surface area contributed by atoms with Crippen molar-refractivity contribution in [1.82, 2.24) is 15.2 Å². The molecule has 0 spiro atoms. The van der Waals surface area contributed by atoms with Crippen LogP contribution in [0.5, 0.6) is 11.5 Å². The number of nitrogens with one attached hydrogen (secondary N) is 1. The van der Waals surface area contributed by atoms with Gasteiger partial charge >= 0.3 is 0 Å². The number of carbonyl (C=O) groups excluding carboxylic acids is 1. The second kappa shape index (κ2) is 7.56. The maximum absolute atomic E-state index is 12.7. The highest BCUT2D eigenvalue weighted by molar-refractivity contribution is 5.94. The van der Waals surface area contributed by atoms with Crippen molar-refractivity contribution in [2.24, 2.45) is 5.10 Å². The van der Waals surface area contributed by atoms with Crippen molar-refractivity contribution in [3.05, 3.63) is 71.5 Å². The molecule has 7 heteroatoms. The Labute approximate surface area is 163 Å². The molecule has 28 heavy (non-hydrogen) atoms. The van der Waals surface area contributed by atoms with E-state index in [2.05, 4.69) is 15.6 Å². The number of aromatic hydroxyl groups is 2. The first-order chi connectivity index (χ1) is 13.3. The summed E-state index contributed by atoms with van der Waals surface area (Å²) in [5, 5.41) is 27.6. The first-order valence-electron chi connectivity index (χ1n) is 8.77. The van der Waals surface area contributed by atoms with Crippen molar-refractivity contribution in [3.63, 3.8) is 0 Å². The Morgan fingerprint density at radius 3 is 2.46 bits per heavy atom. The van der Waals surface area contributed by atoms with Crippen molar-refractivity contribution in [2.45, 2.75) is 26.2 Å². The highest BCUT2D eigenvalue weighted by Gasteiger charge is 2.23. The van der Waals surface area contributed by atoms with Gasteiger partial charge in [0.2, 0.25) is 0 Å². The smallest absolute Gasteiger partial charge is 0.290 e. The lowest BCUT2D eigenvalue weighted by molar-refractivity contribution is 0.0947. The zero-order valence-electron chi connectivity index (χ0n) is 15.9. The molecule has 2 aromatic carbocycles. The standard InChI is InChI=1S/C21H22N4O3/c1-21(2,3)19-12-17(25(24-19)15-7-5-4-6-8-15)20(28)23-22-13-14-9-10-16(26)11-18(14)27/h4-13,26-27H,1-3H3,(H,23,28)/b22-13-. The number of para-hydroxylation sites is 1. The maximum atomic E-state index is 12.7. The number of hydrogen-bond donors (Lipinski definition) is 3. The van der Waals surface area contributed by atoms with Gasteiger partial charge in [-0.05, 0) is 30.3 Å². The van der Waals surface area contributed by atoms with Crippen molar-refractivity contribution in [3.8, 4) is 17.2 Å². The molecule has 0 saturated carbocycles. The van der Waals surface area contributed by atoms with Gasteiger partial charge in [-0.3, -0.25) is 4.79 Å². The summed E-state index contributed by atoms with van der Waals surface area (Å²) in [5.74, 6) is -0.621. The molecular weight excluding hydrogens is 356 g/mol. The average molecular weight is 378 g/mol. The Balaban J connectivity index is 1.88. The van der Waals surface area contributed by atoms with E-state index in [1.807, 2.05) is 51.1 Å². The van der Waals surface area contributed by atoms with Crippen LogP contribution in [0.15, 0.2) is 59.7 Å². The topological polar surface area (TPSA) is 99.7 Å². The number of rotatable bonds is 4. The predicted octanol–water partition coefficient (Wildman–Crippen LogP) is 3.34. The van der Waals surface area contributed by atoms with Crippen LogP contribution >= 0.6 is 0 Å². The fourth-order valence-electron chi connectivity index (χ4n) is 2.53. The van der Waals surface area contributed by atoms with Gasteiger partial charge < -0.3 is 10.2 Å². The minimum Gasteiger partial charge on any atom is -0.508 e. The van der Waals surface area contributed by atoms with E-state index in [9.17, 15) is 15.0 Å². The SMILES string of the molecule is CC(C)(C)c1cc(C(=O)N/N=C\c2ccc(O)cc2O)n(-c2ccccc2)n1. The molecule has 7 nitrogen and oxygen atoms in total. The summed E-state index contributed by atoms with van der Waals surface area (Å²) >= 11 is 0. The second-order valence-corrected chi connectivity index (χ2v) is 7.35. The quantitative estimate of drug-likeness (QED) is 0.479. The Morgan fingerprint density at radius 2 is 1.82 bits per heavy atom. The largest absolute Gasteiger partial charge is 0.508 e. The van der Waals surface area contributed by atoms with Gasteiger partial charge in [0.25, 0.3) is 5.91 Å². The first kappa shape index (κ1) is 19.2. The summed E-state index contributed by atoms with van der Waals surface area (Å²) in [6.07, 6.45) is 1.31. The van der Waals surface area contributed by atoms with Gasteiger partial charge in [-0.1, -0.05) is 39.0 Å². The molecule has 0 aliphatic carbocycles. The van der Waals surface area contributed by atoms with Crippen LogP contribution in [0.3, 0.4) is 0 Å². The Morgan fingerprint density at radius 1 is 1.11 bits per heavy atom. The van der Waals surface area contributed by atoms with E-state index in [4.69, 9.17) is 0 Å². The molecule has 0 saturated heterocycles. The second-order valence-electron chi connectivity index (χ2n) is 7.35. The van der Waals surface area contributed by atoms with Gasteiger partial charge in [0.05, 0.1) is 17.6 Å². The summed E-state index contributed by atoms with van der Waals surface area (Å²) in [7, 11) is 0. The number of aromatic nitrogens is 2. The fourth-order valence-corrected chi connectivity index (χ4v) is 2.53. The van der Waals surface area contributed by atoms with Crippen molar-refractivity contribution >= 4 is 12.1 Å². The third-order valence-electron chi connectivity index (χ3n) is 4.09. The number of nitrogens with zero attached hydrogens (tertiary/aromatic N) is 3. The van der Waals surface area contributed by atoms with Crippen molar-refractivity contribution < 1.29 is 15.0 Å². The maximum Gasteiger partial charge on any atom is 0.290 e. The molecule has 0 aliphatic heterocycles. The molecule has 3 rings (SSSR count). The van der Waals surface area contributed by atoms with Crippen molar-refractivity contribution in [2.75, 3.05) is 0 Å². The summed E-state index contributed by atoms with van der Waals surface area (Å²) in [6, 6.07) is 15.2. The van der Waals surface area contributed by atoms with Crippen LogP contribution in [0, 0.1) is 0 Å². The van der Waals surface area contributed by atoms with Gasteiger partial charge in [0.1, 0.15) is 17.2 Å². The Bertz CT molecular complexity index is 1020. The molecule has 0 radical (unpaired) electrons. The summed E-state index contributed by atoms with van der Waals surface area (Å²) in [6.45, 7) is 6.08. The Hall–Kier alpha value is -3.61. The minimum absolute atomic E-state index is 0.0554. The van der Waals surface area contributed by atoms with Gasteiger partial charge in [0, 0.05) is 17.0 Å². The highest BCUT2D eigenvalue weighted by Crippen LogP contribution is 2.24. The van der Waals surface area contributed by atoms with Gasteiger partial charge in [-0.25, -0.2) is 10.1 Å². The molecule has 144 valence electrons. The number of carbonyl (C=O) groups is 1. The molecule has 3 aromatic rings. The Kier molecular flexibility index (Phi) is 5.17. The van der Waals surface area contributed by atoms with Crippen LogP contribution in [-0.4, -0.2) is 32.1 Å². The summed E-state index contributed by atoms with van der Waals surface area (Å²) in [4.78, 5) is 12.7. The number of benzene rings is 2. The van der Waals surface area contributed by atoms with E-state index in [-0.39, 0.29) is 16.9 Å². The number of phenols is 2. The third kappa shape index (κ3) is 4.20. The predicted molar refractivity (Wildman–Crippen MR) is 107 cm³/mol. The molecule has 0 fully saturated rings. The molecule has 0 bridgehead atoms. The van der Waals surface area contributed by atoms with E-state index in [0.717, 1.165) is 11.4 Å². The number of amides is 1. The molecule has 0 aliphatic rings. The normalized spacial score (nSPS) is 11.7. The van der Waals surface area contributed by atoms with Gasteiger partial charge in [-0.2, -0.15) is 10.2 Å². The minimum atomic E-state index is -0.429. The molecule has 3 N–H and O–H groups in total. The van der Waals surface area contributed by atoms with Gasteiger partial charge in [0.15, 0.2) is 0 Å². The lowest BCUT2D eigenvalue weighted by atomic mass is 9.92. The van der Waals surface area contributed by atoms with Crippen LogP contribution in [0.4, 0.5) is 0 Å². The van der Waals surface area contributed by atoms with E-state index in [1.54, 1.807) is 10.7 Å². The van der Waals surface area contributed by atoms with Crippen molar-refractivity contribution in [1.29, 1.82) is 0 Å². The van der Waals surface area contributed by atoms with Crippen LogP contribution in [0.2, 0.25) is 0 Å². The molecule has 0 atom stereocenters. The number of phenolic OH excluding ortho intramolecular Hbond substituents is 2. The van der Waals surface area contributed by atoms with E-state index >= 15 is 0 Å². The van der Waals surface area contributed by atoms with E-state index in [0.29, 0.717) is 11.3 Å². The zero-order valence-corrected chi connectivity index (χ0v) is 15.9.